The number of hydrogen-bond donors (Lipinski definition) is 3. The van der Waals surface area contributed by atoms with Gasteiger partial charge >= 0.3 is 0 Å². The summed E-state index contributed by atoms with van der Waals surface area (Å²) in [7, 11) is 0. The molecule has 3 rings (SSSR count). The third-order valence-electron chi connectivity index (χ3n) is 3.56. The van der Waals surface area contributed by atoms with Gasteiger partial charge in [0.1, 0.15) is 0 Å². The molecule has 2 aromatic heterocycles. The lowest BCUT2D eigenvalue weighted by Gasteiger charge is -2.11. The monoisotopic (exact) mass is 386 g/mol. The highest BCUT2D eigenvalue weighted by atomic mass is 35.5. The van der Waals surface area contributed by atoms with Crippen LogP contribution in [0.3, 0.4) is 0 Å². The largest absolute Gasteiger partial charge is 0.361 e. The zero-order valence-corrected chi connectivity index (χ0v) is 15.6. The molecule has 2 heterocycles. The number of nitrogens with zero attached hydrogens (tertiary/aromatic N) is 1. The van der Waals surface area contributed by atoms with Crippen LogP contribution < -0.4 is 11.1 Å². The number of hydrogen-bond acceptors (Lipinski definition) is 4. The maximum absolute atomic E-state index is 12.1. The molecule has 1 atom stereocenters. The second-order valence-electron chi connectivity index (χ2n) is 5.23. The molecular weight excluding hydrogens is 367 g/mol. The van der Waals surface area contributed by atoms with Crippen LogP contribution in [-0.2, 0) is 17.8 Å². The summed E-state index contributed by atoms with van der Waals surface area (Å²) < 4.78 is 0. The van der Waals surface area contributed by atoms with Crippen LogP contribution in [0.4, 0.5) is 0 Å². The predicted octanol–water partition coefficient (Wildman–Crippen LogP) is 2.96. The Kier molecular flexibility index (Phi) is 7.69. The van der Waals surface area contributed by atoms with Gasteiger partial charge in [0.05, 0.1) is 17.6 Å². The lowest BCUT2D eigenvalue weighted by Crippen LogP contribution is -2.41. The number of para-hydroxylation sites is 1. The van der Waals surface area contributed by atoms with E-state index in [0.717, 1.165) is 26.4 Å². The van der Waals surface area contributed by atoms with Gasteiger partial charge < -0.3 is 16.0 Å². The Labute approximate surface area is 156 Å². The molecule has 3 aromatic rings. The number of rotatable bonds is 5. The number of aromatic nitrogens is 2. The van der Waals surface area contributed by atoms with Crippen molar-refractivity contribution in [1.29, 1.82) is 0 Å². The fourth-order valence-electron chi connectivity index (χ4n) is 2.42. The van der Waals surface area contributed by atoms with Gasteiger partial charge in [0.15, 0.2) is 0 Å². The molecular formula is C16H20Cl2N4OS. The average Bonchev–Trinajstić information content (AvgIpc) is 3.12. The summed E-state index contributed by atoms with van der Waals surface area (Å²) in [5, 5.41) is 4.98. The number of fused-ring (bicyclic) bond motifs is 1. The lowest BCUT2D eigenvalue weighted by molar-refractivity contribution is -0.122. The van der Waals surface area contributed by atoms with Crippen molar-refractivity contribution in [3.63, 3.8) is 0 Å². The highest BCUT2D eigenvalue weighted by Crippen LogP contribution is 2.18. The lowest BCUT2D eigenvalue weighted by atomic mass is 10.1. The molecule has 8 heteroatoms. The van der Waals surface area contributed by atoms with Crippen molar-refractivity contribution >= 4 is 53.0 Å². The minimum absolute atomic E-state index is 0. The third-order valence-corrected chi connectivity index (χ3v) is 4.47. The van der Waals surface area contributed by atoms with Crippen molar-refractivity contribution < 1.29 is 4.79 Å². The van der Waals surface area contributed by atoms with Crippen LogP contribution in [0.15, 0.2) is 36.7 Å². The molecule has 0 saturated carbocycles. The van der Waals surface area contributed by atoms with Crippen LogP contribution in [0.25, 0.3) is 10.9 Å². The molecule has 0 saturated heterocycles. The van der Waals surface area contributed by atoms with Crippen molar-refractivity contribution in [3.8, 4) is 0 Å². The van der Waals surface area contributed by atoms with Gasteiger partial charge in [-0.15, -0.1) is 36.2 Å². The van der Waals surface area contributed by atoms with E-state index in [0.29, 0.717) is 13.0 Å². The molecule has 1 aromatic carbocycles. The first-order valence-electron chi connectivity index (χ1n) is 7.13. The first-order valence-corrected chi connectivity index (χ1v) is 7.94. The van der Waals surface area contributed by atoms with Crippen LogP contribution in [0, 0.1) is 6.92 Å². The van der Waals surface area contributed by atoms with Crippen molar-refractivity contribution in [2.75, 3.05) is 0 Å². The molecule has 24 heavy (non-hydrogen) atoms. The van der Waals surface area contributed by atoms with Gasteiger partial charge in [-0.3, -0.25) is 4.79 Å². The number of halogens is 2. The Hall–Kier alpha value is -1.60. The van der Waals surface area contributed by atoms with Gasteiger partial charge in [0, 0.05) is 28.2 Å². The van der Waals surface area contributed by atoms with E-state index in [1.165, 1.54) is 0 Å². The van der Waals surface area contributed by atoms with Crippen molar-refractivity contribution in [2.45, 2.75) is 25.9 Å². The minimum atomic E-state index is -0.562. The van der Waals surface area contributed by atoms with E-state index in [1.807, 2.05) is 37.4 Å². The van der Waals surface area contributed by atoms with Crippen molar-refractivity contribution in [2.24, 2.45) is 5.73 Å². The number of thiazole rings is 1. The smallest absolute Gasteiger partial charge is 0.237 e. The predicted molar refractivity (Wildman–Crippen MR) is 103 cm³/mol. The Morgan fingerprint density at radius 3 is 2.83 bits per heavy atom. The Balaban J connectivity index is 0.00000144. The summed E-state index contributed by atoms with van der Waals surface area (Å²) >= 11 is 1.58. The molecule has 1 amide bonds. The molecule has 0 spiro atoms. The molecule has 5 nitrogen and oxygen atoms in total. The number of H-pyrrole nitrogens is 1. The second-order valence-corrected chi connectivity index (χ2v) is 6.55. The number of aromatic amines is 1. The summed E-state index contributed by atoms with van der Waals surface area (Å²) in [4.78, 5) is 20.5. The van der Waals surface area contributed by atoms with E-state index in [4.69, 9.17) is 5.73 Å². The van der Waals surface area contributed by atoms with Crippen molar-refractivity contribution in [3.05, 3.63) is 52.1 Å². The number of benzene rings is 1. The summed E-state index contributed by atoms with van der Waals surface area (Å²) in [6, 6.07) is 7.44. The number of nitrogens with two attached hydrogens (primary N) is 1. The van der Waals surface area contributed by atoms with Crippen LogP contribution in [0.2, 0.25) is 0 Å². The van der Waals surface area contributed by atoms with E-state index >= 15 is 0 Å². The highest BCUT2D eigenvalue weighted by molar-refractivity contribution is 7.11. The van der Waals surface area contributed by atoms with E-state index < -0.39 is 6.04 Å². The highest BCUT2D eigenvalue weighted by Gasteiger charge is 2.16. The van der Waals surface area contributed by atoms with E-state index in [-0.39, 0.29) is 30.7 Å². The fraction of sp³-hybridized carbons (Fsp3) is 0.250. The van der Waals surface area contributed by atoms with Gasteiger partial charge in [-0.1, -0.05) is 18.2 Å². The molecule has 0 aliphatic heterocycles. The maximum Gasteiger partial charge on any atom is 0.237 e. The maximum atomic E-state index is 12.1. The number of carbonyl (C=O) groups is 1. The quantitative estimate of drug-likeness (QED) is 0.629. The number of carbonyl (C=O) groups excluding carboxylic acids is 1. The Bertz CT molecular complexity index is 802. The van der Waals surface area contributed by atoms with Gasteiger partial charge in [-0.25, -0.2) is 4.98 Å². The standard InChI is InChI=1S/C16H18N4OS.2ClH/c1-10-18-8-12(22-10)9-20-16(21)14(17)6-11-7-19-15-5-3-2-4-13(11)15;;/h2-5,7-8,14,19H,6,9,17H2,1H3,(H,20,21);2*1H/t14-;;/m0../s1. The third kappa shape index (κ3) is 4.70. The van der Waals surface area contributed by atoms with Crippen LogP contribution in [0.5, 0.6) is 0 Å². The molecule has 0 bridgehead atoms. The van der Waals surface area contributed by atoms with Crippen LogP contribution >= 0.6 is 36.2 Å². The van der Waals surface area contributed by atoms with Gasteiger partial charge in [-0.05, 0) is 25.0 Å². The summed E-state index contributed by atoms with van der Waals surface area (Å²) in [5.74, 6) is -0.142. The molecule has 4 N–H and O–H groups in total. The van der Waals surface area contributed by atoms with Gasteiger partial charge in [-0.2, -0.15) is 0 Å². The first kappa shape index (κ1) is 20.4. The molecule has 0 aliphatic rings. The SMILES string of the molecule is Cc1ncc(CNC(=O)[C@@H](N)Cc2c[nH]c3ccccc23)s1.Cl.Cl. The summed E-state index contributed by atoms with van der Waals surface area (Å²) in [6.07, 6.45) is 4.22. The minimum Gasteiger partial charge on any atom is -0.361 e. The fourth-order valence-corrected chi connectivity index (χ4v) is 3.16. The molecule has 0 unspecified atom stereocenters. The van der Waals surface area contributed by atoms with E-state index in [2.05, 4.69) is 15.3 Å². The first-order chi connectivity index (χ1) is 10.6. The Morgan fingerprint density at radius 1 is 1.38 bits per heavy atom. The average molecular weight is 387 g/mol. The Morgan fingerprint density at radius 2 is 2.12 bits per heavy atom. The van der Waals surface area contributed by atoms with Crippen molar-refractivity contribution in [1.82, 2.24) is 15.3 Å². The second kappa shape index (κ2) is 9.03. The number of aryl methyl sites for hydroxylation is 1. The summed E-state index contributed by atoms with van der Waals surface area (Å²) in [5.41, 5.74) is 8.15. The number of amides is 1. The van der Waals surface area contributed by atoms with E-state index in [9.17, 15) is 4.79 Å². The topological polar surface area (TPSA) is 83.8 Å². The zero-order chi connectivity index (χ0) is 15.5. The summed E-state index contributed by atoms with van der Waals surface area (Å²) in [6.45, 7) is 2.42. The van der Waals surface area contributed by atoms with Crippen LogP contribution in [-0.4, -0.2) is 21.9 Å². The molecule has 0 fully saturated rings. The van der Waals surface area contributed by atoms with Gasteiger partial charge in [0.2, 0.25) is 5.91 Å². The van der Waals surface area contributed by atoms with Crippen LogP contribution in [0.1, 0.15) is 15.4 Å². The molecule has 0 aliphatic carbocycles. The molecule has 0 radical (unpaired) electrons. The van der Waals surface area contributed by atoms with Gasteiger partial charge in [0.25, 0.3) is 0 Å². The zero-order valence-electron chi connectivity index (χ0n) is 13.1. The number of nitrogens with one attached hydrogen (secondary N) is 2. The van der Waals surface area contributed by atoms with E-state index in [1.54, 1.807) is 17.5 Å². The normalized spacial score (nSPS) is 11.4. The molecule has 130 valence electrons.